The van der Waals surface area contributed by atoms with E-state index < -0.39 is 10.0 Å². The first-order chi connectivity index (χ1) is 9.86. The van der Waals surface area contributed by atoms with Gasteiger partial charge < -0.3 is 0 Å². The highest BCUT2D eigenvalue weighted by molar-refractivity contribution is 7.93. The van der Waals surface area contributed by atoms with Crippen molar-refractivity contribution in [3.8, 4) is 6.07 Å². The normalized spacial score (nSPS) is 11.0. The van der Waals surface area contributed by atoms with Gasteiger partial charge in [-0.2, -0.15) is 5.26 Å². The lowest BCUT2D eigenvalue weighted by Gasteiger charge is -2.20. The minimum absolute atomic E-state index is 0.0819. The fraction of sp³-hybridized carbons (Fsp3) is 0.0714. The molecule has 0 N–H and O–H groups in total. The van der Waals surface area contributed by atoms with Crippen molar-refractivity contribution >= 4 is 38.9 Å². The Kier molecular flexibility index (Phi) is 4.43. The van der Waals surface area contributed by atoms with Crippen LogP contribution in [0.25, 0.3) is 0 Å². The Balaban J connectivity index is 2.53. The summed E-state index contributed by atoms with van der Waals surface area (Å²) < 4.78 is 26.3. The second-order valence-electron chi connectivity index (χ2n) is 4.21. The SMILES string of the molecule is CN(c1cccc(C#N)c1)S(=O)(=O)c1cc(Cl)ccc1Cl. The Labute approximate surface area is 133 Å². The molecular weight excluding hydrogens is 331 g/mol. The summed E-state index contributed by atoms with van der Waals surface area (Å²) in [6.07, 6.45) is 0. The Morgan fingerprint density at radius 1 is 1.14 bits per heavy atom. The zero-order valence-electron chi connectivity index (χ0n) is 10.9. The predicted octanol–water partition coefficient (Wildman–Crippen LogP) is 3.69. The molecular formula is C14H10Cl2N2O2S. The Bertz CT molecular complexity index is 829. The van der Waals surface area contributed by atoms with Crippen LogP contribution in [0.2, 0.25) is 10.0 Å². The van der Waals surface area contributed by atoms with E-state index in [2.05, 4.69) is 0 Å². The second kappa shape index (κ2) is 5.94. The number of halogens is 2. The fourth-order valence-electron chi connectivity index (χ4n) is 1.73. The molecule has 0 aliphatic heterocycles. The predicted molar refractivity (Wildman–Crippen MR) is 83.2 cm³/mol. The summed E-state index contributed by atoms with van der Waals surface area (Å²) in [5.74, 6) is 0. The maximum Gasteiger partial charge on any atom is 0.265 e. The van der Waals surface area contributed by atoms with Crippen molar-refractivity contribution in [2.45, 2.75) is 4.90 Å². The van der Waals surface area contributed by atoms with E-state index in [0.29, 0.717) is 11.3 Å². The molecule has 0 saturated heterocycles. The van der Waals surface area contributed by atoms with E-state index in [4.69, 9.17) is 28.5 Å². The van der Waals surface area contributed by atoms with Crippen LogP contribution < -0.4 is 4.31 Å². The van der Waals surface area contributed by atoms with Crippen LogP contribution in [0.1, 0.15) is 5.56 Å². The Hall–Kier alpha value is -1.74. The van der Waals surface area contributed by atoms with Crippen LogP contribution in [0.5, 0.6) is 0 Å². The summed E-state index contributed by atoms with van der Waals surface area (Å²) in [5, 5.41) is 9.25. The van der Waals surface area contributed by atoms with E-state index in [-0.39, 0.29) is 14.9 Å². The van der Waals surface area contributed by atoms with Gasteiger partial charge in [0.15, 0.2) is 0 Å². The molecule has 0 fully saturated rings. The van der Waals surface area contributed by atoms with Crippen molar-refractivity contribution < 1.29 is 8.42 Å². The van der Waals surface area contributed by atoms with Crippen molar-refractivity contribution in [3.63, 3.8) is 0 Å². The second-order valence-corrected chi connectivity index (χ2v) is 6.99. The summed E-state index contributed by atoms with van der Waals surface area (Å²) in [4.78, 5) is -0.0819. The number of nitriles is 1. The number of sulfonamides is 1. The van der Waals surface area contributed by atoms with Crippen LogP contribution in [-0.2, 0) is 10.0 Å². The summed E-state index contributed by atoms with van der Waals surface area (Å²) >= 11 is 11.8. The molecule has 108 valence electrons. The zero-order valence-corrected chi connectivity index (χ0v) is 13.2. The smallest absolute Gasteiger partial charge is 0.265 e. The molecule has 0 aliphatic carbocycles. The van der Waals surface area contributed by atoms with Crippen LogP contribution >= 0.6 is 23.2 Å². The summed E-state index contributed by atoms with van der Waals surface area (Å²) in [6.45, 7) is 0. The molecule has 2 aromatic carbocycles. The molecule has 2 aromatic rings. The van der Waals surface area contributed by atoms with E-state index >= 15 is 0 Å². The molecule has 0 aromatic heterocycles. The monoisotopic (exact) mass is 340 g/mol. The highest BCUT2D eigenvalue weighted by Crippen LogP contribution is 2.29. The molecule has 0 saturated carbocycles. The maximum absolute atomic E-state index is 12.6. The molecule has 0 heterocycles. The van der Waals surface area contributed by atoms with Crippen molar-refractivity contribution in [2.24, 2.45) is 0 Å². The molecule has 21 heavy (non-hydrogen) atoms. The van der Waals surface area contributed by atoms with Crippen molar-refractivity contribution in [1.29, 1.82) is 5.26 Å². The van der Waals surface area contributed by atoms with Gasteiger partial charge in [-0.1, -0.05) is 29.3 Å². The first-order valence-electron chi connectivity index (χ1n) is 5.80. The van der Waals surface area contributed by atoms with Crippen LogP contribution in [-0.4, -0.2) is 15.5 Å². The Morgan fingerprint density at radius 3 is 2.52 bits per heavy atom. The molecule has 2 rings (SSSR count). The van der Waals surface area contributed by atoms with Gasteiger partial charge in [0.1, 0.15) is 4.90 Å². The molecule has 0 bridgehead atoms. The molecule has 0 unspecified atom stereocenters. The number of hydrogen-bond acceptors (Lipinski definition) is 3. The molecule has 0 radical (unpaired) electrons. The van der Waals surface area contributed by atoms with Gasteiger partial charge in [0.2, 0.25) is 0 Å². The minimum Gasteiger partial charge on any atom is -0.269 e. The standard InChI is InChI=1S/C14H10Cl2N2O2S/c1-18(12-4-2-3-10(7-12)9-17)21(19,20)14-8-11(15)5-6-13(14)16/h2-8H,1H3. The third-order valence-corrected chi connectivity index (χ3v) is 5.37. The van der Waals surface area contributed by atoms with E-state index in [0.717, 1.165) is 4.31 Å². The van der Waals surface area contributed by atoms with Gasteiger partial charge in [0.25, 0.3) is 10.0 Å². The number of nitrogens with zero attached hydrogens (tertiary/aromatic N) is 2. The van der Waals surface area contributed by atoms with Crippen LogP contribution in [0.3, 0.4) is 0 Å². The van der Waals surface area contributed by atoms with Crippen LogP contribution in [0.15, 0.2) is 47.4 Å². The van der Waals surface area contributed by atoms with Crippen LogP contribution in [0.4, 0.5) is 5.69 Å². The third kappa shape index (κ3) is 3.13. The third-order valence-electron chi connectivity index (χ3n) is 2.87. The number of anilines is 1. The fourth-order valence-corrected chi connectivity index (χ4v) is 3.66. The zero-order chi connectivity index (χ0) is 15.6. The van der Waals surface area contributed by atoms with E-state index in [1.165, 1.54) is 31.3 Å². The first kappa shape index (κ1) is 15.6. The molecule has 7 heteroatoms. The highest BCUT2D eigenvalue weighted by Gasteiger charge is 2.24. The van der Waals surface area contributed by atoms with Gasteiger partial charge >= 0.3 is 0 Å². The number of hydrogen-bond donors (Lipinski definition) is 0. The lowest BCUT2D eigenvalue weighted by Crippen LogP contribution is -2.26. The largest absolute Gasteiger partial charge is 0.269 e. The molecule has 0 amide bonds. The van der Waals surface area contributed by atoms with Crippen molar-refractivity contribution in [2.75, 3.05) is 11.4 Å². The first-order valence-corrected chi connectivity index (χ1v) is 8.00. The van der Waals surface area contributed by atoms with Gasteiger partial charge in [-0.15, -0.1) is 0 Å². The number of benzene rings is 2. The summed E-state index contributed by atoms with van der Waals surface area (Å²) in [6, 6.07) is 12.5. The molecule has 0 aliphatic rings. The lowest BCUT2D eigenvalue weighted by molar-refractivity contribution is 0.594. The van der Waals surface area contributed by atoms with E-state index in [1.807, 2.05) is 6.07 Å². The van der Waals surface area contributed by atoms with Crippen LogP contribution in [0, 0.1) is 11.3 Å². The van der Waals surface area contributed by atoms with Crippen molar-refractivity contribution in [1.82, 2.24) is 0 Å². The van der Waals surface area contributed by atoms with E-state index in [1.54, 1.807) is 18.2 Å². The average molecular weight is 341 g/mol. The number of rotatable bonds is 3. The highest BCUT2D eigenvalue weighted by atomic mass is 35.5. The minimum atomic E-state index is -3.86. The van der Waals surface area contributed by atoms with Gasteiger partial charge in [-0.05, 0) is 36.4 Å². The lowest BCUT2D eigenvalue weighted by atomic mass is 10.2. The molecule has 0 spiro atoms. The maximum atomic E-state index is 12.6. The van der Waals surface area contributed by atoms with Gasteiger partial charge in [-0.25, -0.2) is 8.42 Å². The molecule has 4 nitrogen and oxygen atoms in total. The van der Waals surface area contributed by atoms with Gasteiger partial charge in [0, 0.05) is 12.1 Å². The van der Waals surface area contributed by atoms with E-state index in [9.17, 15) is 8.42 Å². The molecule has 0 atom stereocenters. The quantitative estimate of drug-likeness (QED) is 0.855. The Morgan fingerprint density at radius 2 is 1.86 bits per heavy atom. The van der Waals surface area contributed by atoms with Gasteiger partial charge in [0.05, 0.1) is 22.3 Å². The average Bonchev–Trinajstić information content (AvgIpc) is 2.48. The summed E-state index contributed by atoms with van der Waals surface area (Å²) in [5.41, 5.74) is 0.733. The summed E-state index contributed by atoms with van der Waals surface area (Å²) in [7, 11) is -2.47. The topological polar surface area (TPSA) is 61.2 Å². The van der Waals surface area contributed by atoms with Gasteiger partial charge in [-0.3, -0.25) is 4.31 Å². The van der Waals surface area contributed by atoms with Crippen molar-refractivity contribution in [3.05, 3.63) is 58.1 Å².